The zero-order valence-electron chi connectivity index (χ0n) is 17.2. The van der Waals surface area contributed by atoms with Crippen LogP contribution >= 0.6 is 0 Å². The molecule has 0 aromatic heterocycles. The standard InChI is InChI=1S/C21H40N2O4/c1-2-3-17-23-19(24)15-13-11-9-7-5-4-6-8-10-12-14-16-20(25)27-21(26)18-22/h2-18,22H2,1H3,(H,23,24). The van der Waals surface area contributed by atoms with Crippen molar-refractivity contribution in [2.75, 3.05) is 13.1 Å². The molecule has 0 fully saturated rings. The van der Waals surface area contributed by atoms with Gasteiger partial charge in [-0.3, -0.25) is 14.4 Å². The van der Waals surface area contributed by atoms with Gasteiger partial charge in [0.15, 0.2) is 0 Å². The number of nitrogens with two attached hydrogens (primary N) is 1. The monoisotopic (exact) mass is 384 g/mol. The molecule has 0 aromatic rings. The van der Waals surface area contributed by atoms with Gasteiger partial charge in [0.25, 0.3) is 0 Å². The molecule has 0 aliphatic carbocycles. The average Bonchev–Trinajstić information content (AvgIpc) is 2.65. The first kappa shape index (κ1) is 25.6. The minimum Gasteiger partial charge on any atom is -0.392 e. The molecule has 0 saturated heterocycles. The molecule has 0 aliphatic rings. The molecule has 6 heteroatoms. The Hall–Kier alpha value is -1.43. The van der Waals surface area contributed by atoms with Crippen LogP contribution < -0.4 is 11.1 Å². The molecule has 158 valence electrons. The quantitative estimate of drug-likeness (QED) is 0.211. The van der Waals surface area contributed by atoms with Gasteiger partial charge in [-0.1, -0.05) is 71.1 Å². The van der Waals surface area contributed by atoms with Gasteiger partial charge in [0.05, 0.1) is 6.54 Å². The lowest BCUT2D eigenvalue weighted by atomic mass is 10.0. The Kier molecular flexibility index (Phi) is 18.3. The molecule has 0 radical (unpaired) electrons. The van der Waals surface area contributed by atoms with Gasteiger partial charge in [0, 0.05) is 19.4 Å². The van der Waals surface area contributed by atoms with E-state index >= 15 is 0 Å². The van der Waals surface area contributed by atoms with Crippen molar-refractivity contribution in [3.05, 3.63) is 0 Å². The van der Waals surface area contributed by atoms with Gasteiger partial charge in [-0.2, -0.15) is 0 Å². The highest BCUT2D eigenvalue weighted by Crippen LogP contribution is 2.12. The zero-order valence-corrected chi connectivity index (χ0v) is 17.2. The lowest BCUT2D eigenvalue weighted by Crippen LogP contribution is -2.23. The summed E-state index contributed by atoms with van der Waals surface area (Å²) < 4.78 is 4.51. The predicted molar refractivity (Wildman–Crippen MR) is 108 cm³/mol. The summed E-state index contributed by atoms with van der Waals surface area (Å²) in [6, 6.07) is 0. The van der Waals surface area contributed by atoms with E-state index in [0.717, 1.165) is 51.5 Å². The number of rotatable bonds is 18. The molecular weight excluding hydrogens is 344 g/mol. The summed E-state index contributed by atoms with van der Waals surface area (Å²) in [6.45, 7) is 2.69. The van der Waals surface area contributed by atoms with Gasteiger partial charge in [0.2, 0.25) is 5.91 Å². The maximum Gasteiger partial charge on any atom is 0.327 e. The largest absolute Gasteiger partial charge is 0.392 e. The van der Waals surface area contributed by atoms with Crippen LogP contribution in [0, 0.1) is 0 Å². The Morgan fingerprint density at radius 1 is 0.704 bits per heavy atom. The second-order valence-corrected chi connectivity index (χ2v) is 7.14. The Labute approximate surface area is 165 Å². The molecular formula is C21H40N2O4. The van der Waals surface area contributed by atoms with Gasteiger partial charge in [-0.05, 0) is 19.3 Å². The molecule has 0 saturated carbocycles. The van der Waals surface area contributed by atoms with Crippen molar-refractivity contribution in [3.63, 3.8) is 0 Å². The average molecular weight is 385 g/mol. The van der Waals surface area contributed by atoms with E-state index in [4.69, 9.17) is 5.73 Å². The van der Waals surface area contributed by atoms with Crippen molar-refractivity contribution < 1.29 is 19.1 Å². The number of carbonyl (C=O) groups excluding carboxylic acids is 3. The molecule has 0 unspecified atom stereocenters. The summed E-state index contributed by atoms with van der Waals surface area (Å²) >= 11 is 0. The minimum atomic E-state index is -0.657. The van der Waals surface area contributed by atoms with Crippen LogP contribution in [0.3, 0.4) is 0 Å². The fourth-order valence-corrected chi connectivity index (χ4v) is 2.86. The molecule has 27 heavy (non-hydrogen) atoms. The predicted octanol–water partition coefficient (Wildman–Crippen LogP) is 4.00. The third kappa shape index (κ3) is 19.1. The van der Waals surface area contributed by atoms with E-state index in [1.54, 1.807) is 0 Å². The van der Waals surface area contributed by atoms with Gasteiger partial charge >= 0.3 is 11.9 Å². The first-order valence-corrected chi connectivity index (χ1v) is 10.8. The van der Waals surface area contributed by atoms with Gasteiger partial charge in [-0.25, -0.2) is 0 Å². The first-order valence-electron chi connectivity index (χ1n) is 10.8. The highest BCUT2D eigenvalue weighted by atomic mass is 16.6. The molecule has 0 rings (SSSR count). The van der Waals surface area contributed by atoms with E-state index in [0.29, 0.717) is 12.8 Å². The molecule has 0 aliphatic heterocycles. The Balaban J connectivity index is 3.22. The number of ether oxygens (including phenoxy) is 1. The second-order valence-electron chi connectivity index (χ2n) is 7.14. The van der Waals surface area contributed by atoms with E-state index in [-0.39, 0.29) is 12.5 Å². The Morgan fingerprint density at radius 3 is 1.67 bits per heavy atom. The number of nitrogens with one attached hydrogen (secondary N) is 1. The van der Waals surface area contributed by atoms with Crippen molar-refractivity contribution in [2.45, 2.75) is 103 Å². The van der Waals surface area contributed by atoms with Crippen LogP contribution in [-0.2, 0) is 19.1 Å². The van der Waals surface area contributed by atoms with Crippen molar-refractivity contribution in [1.29, 1.82) is 0 Å². The Morgan fingerprint density at radius 2 is 1.19 bits per heavy atom. The smallest absolute Gasteiger partial charge is 0.327 e. The number of amides is 1. The number of unbranched alkanes of at least 4 members (excludes halogenated alkanes) is 11. The molecule has 0 atom stereocenters. The SMILES string of the molecule is CCCCNC(=O)CCCCCCCCCCCCCC(=O)OC(=O)CN. The summed E-state index contributed by atoms with van der Waals surface area (Å²) in [5.74, 6) is -0.929. The summed E-state index contributed by atoms with van der Waals surface area (Å²) in [6.07, 6.45) is 15.6. The number of esters is 2. The van der Waals surface area contributed by atoms with Gasteiger partial charge < -0.3 is 15.8 Å². The molecule has 0 spiro atoms. The fraction of sp³-hybridized carbons (Fsp3) is 0.857. The maximum atomic E-state index is 11.5. The van der Waals surface area contributed by atoms with E-state index < -0.39 is 11.9 Å². The zero-order chi connectivity index (χ0) is 20.2. The minimum absolute atomic E-state index is 0.197. The normalized spacial score (nSPS) is 10.6. The van der Waals surface area contributed by atoms with E-state index in [1.807, 2.05) is 0 Å². The molecule has 3 N–H and O–H groups in total. The van der Waals surface area contributed by atoms with Crippen LogP contribution in [0.4, 0.5) is 0 Å². The third-order valence-corrected chi connectivity index (χ3v) is 4.53. The van der Waals surface area contributed by atoms with Crippen LogP contribution in [0.1, 0.15) is 103 Å². The van der Waals surface area contributed by atoms with Crippen LogP contribution in [0.25, 0.3) is 0 Å². The lowest BCUT2D eigenvalue weighted by Gasteiger charge is -2.05. The third-order valence-electron chi connectivity index (χ3n) is 4.53. The maximum absolute atomic E-state index is 11.5. The molecule has 0 bridgehead atoms. The van der Waals surface area contributed by atoms with Crippen LogP contribution in [0.5, 0.6) is 0 Å². The van der Waals surface area contributed by atoms with E-state index in [1.165, 1.54) is 38.5 Å². The van der Waals surface area contributed by atoms with Crippen LogP contribution in [0.2, 0.25) is 0 Å². The molecule has 0 heterocycles. The van der Waals surface area contributed by atoms with Crippen molar-refractivity contribution in [1.82, 2.24) is 5.32 Å². The highest BCUT2D eigenvalue weighted by molar-refractivity contribution is 5.86. The Bertz CT molecular complexity index is 400. The van der Waals surface area contributed by atoms with Crippen LogP contribution in [-0.4, -0.2) is 30.9 Å². The number of hydrogen-bond acceptors (Lipinski definition) is 5. The lowest BCUT2D eigenvalue weighted by molar-refractivity contribution is -0.158. The molecule has 0 aromatic carbocycles. The number of carbonyl (C=O) groups is 3. The number of hydrogen-bond donors (Lipinski definition) is 2. The second kappa shape index (κ2) is 19.3. The summed E-state index contributed by atoms with van der Waals surface area (Å²) in [5.41, 5.74) is 5.08. The van der Waals surface area contributed by atoms with Crippen molar-refractivity contribution >= 4 is 17.8 Å². The van der Waals surface area contributed by atoms with Crippen molar-refractivity contribution in [3.8, 4) is 0 Å². The summed E-state index contributed by atoms with van der Waals surface area (Å²) in [4.78, 5) is 33.6. The van der Waals surface area contributed by atoms with E-state index in [9.17, 15) is 14.4 Å². The van der Waals surface area contributed by atoms with Crippen LogP contribution in [0.15, 0.2) is 0 Å². The van der Waals surface area contributed by atoms with E-state index in [2.05, 4.69) is 17.0 Å². The molecule has 6 nitrogen and oxygen atoms in total. The van der Waals surface area contributed by atoms with Gasteiger partial charge in [-0.15, -0.1) is 0 Å². The van der Waals surface area contributed by atoms with Gasteiger partial charge in [0.1, 0.15) is 0 Å². The topological polar surface area (TPSA) is 98.5 Å². The highest BCUT2D eigenvalue weighted by Gasteiger charge is 2.07. The first-order chi connectivity index (χ1) is 13.1. The molecule has 1 amide bonds. The summed E-state index contributed by atoms with van der Waals surface area (Å²) in [7, 11) is 0. The van der Waals surface area contributed by atoms with Crippen molar-refractivity contribution in [2.24, 2.45) is 5.73 Å². The fourth-order valence-electron chi connectivity index (χ4n) is 2.86. The summed E-state index contributed by atoms with van der Waals surface area (Å²) in [5, 5.41) is 2.96.